The minimum Gasteiger partial charge on any atom is -0.370 e. The van der Waals surface area contributed by atoms with Crippen molar-refractivity contribution in [2.24, 2.45) is 17.8 Å². The van der Waals surface area contributed by atoms with Crippen molar-refractivity contribution in [2.45, 2.75) is 117 Å². The fourth-order valence-corrected chi connectivity index (χ4v) is 5.44. The Morgan fingerprint density at radius 2 is 1.46 bits per heavy atom. The second-order valence-corrected chi connectivity index (χ2v) is 8.57. The lowest BCUT2D eigenvalue weighted by atomic mass is 9.70. The summed E-state index contributed by atoms with van der Waals surface area (Å²) in [7, 11) is 0. The maximum absolute atomic E-state index is 6.24. The molecule has 0 radical (unpaired) electrons. The van der Waals surface area contributed by atoms with Gasteiger partial charge in [0.05, 0.1) is 12.2 Å². The van der Waals surface area contributed by atoms with Gasteiger partial charge in [-0.1, -0.05) is 46.0 Å². The number of fused-ring (bicyclic) bond motifs is 1. The second kappa shape index (κ2) is 12.5. The molecule has 0 amide bonds. The molecule has 0 aromatic carbocycles. The lowest BCUT2D eigenvalue weighted by Crippen LogP contribution is -2.51. The van der Waals surface area contributed by atoms with Crippen LogP contribution >= 0.6 is 0 Å². The minimum absolute atomic E-state index is 0.263. The predicted molar refractivity (Wildman–Crippen MR) is 114 cm³/mol. The van der Waals surface area contributed by atoms with Crippen molar-refractivity contribution in [1.29, 1.82) is 0 Å². The number of ether oxygens (including phenoxy) is 4. The molecular weight excluding hydrogens is 352 g/mol. The van der Waals surface area contributed by atoms with Crippen LogP contribution in [0.25, 0.3) is 0 Å². The summed E-state index contributed by atoms with van der Waals surface area (Å²) in [5.74, 6) is 0.628. The van der Waals surface area contributed by atoms with Gasteiger partial charge in [0.2, 0.25) is 0 Å². The quantitative estimate of drug-likeness (QED) is 0.173. The molecule has 1 heterocycles. The Morgan fingerprint density at radius 3 is 2.00 bits per heavy atom. The number of unbranched alkanes of at least 4 members (excludes halogenated alkanes) is 4. The van der Waals surface area contributed by atoms with Crippen molar-refractivity contribution in [1.82, 2.24) is 0 Å². The van der Waals surface area contributed by atoms with Gasteiger partial charge in [-0.3, -0.25) is 0 Å². The lowest BCUT2D eigenvalue weighted by molar-refractivity contribution is -0.410. The molecule has 4 heteroatoms. The first-order valence-corrected chi connectivity index (χ1v) is 12.2. The molecule has 166 valence electrons. The van der Waals surface area contributed by atoms with Crippen molar-refractivity contribution in [3.63, 3.8) is 0 Å². The monoisotopic (exact) mass is 398 g/mol. The number of hydrogen-bond donors (Lipinski definition) is 0. The van der Waals surface area contributed by atoms with E-state index in [0.717, 1.165) is 6.42 Å². The molecule has 0 N–H and O–H groups in total. The molecule has 1 saturated carbocycles. The van der Waals surface area contributed by atoms with Gasteiger partial charge in [0.15, 0.2) is 0 Å². The van der Waals surface area contributed by atoms with Gasteiger partial charge >= 0.3 is 0 Å². The summed E-state index contributed by atoms with van der Waals surface area (Å²) >= 11 is 0. The Kier molecular flexibility index (Phi) is 10.8. The number of hydrogen-bond acceptors (Lipinski definition) is 4. The van der Waals surface area contributed by atoms with Crippen LogP contribution in [0.5, 0.6) is 0 Å². The lowest BCUT2D eigenvalue weighted by Gasteiger charge is -2.45. The standard InChI is InChI=1S/C24H46O4/c1-6-11-12-13-14-15-20(19-16-17-22-23(18-19)28-22)21(7-2)24(25-8-3,26-9-4)27-10-5/h19-23H,6-18H2,1-5H3. The maximum Gasteiger partial charge on any atom is 0.286 e. The third-order valence-electron chi connectivity index (χ3n) is 6.74. The molecule has 1 aliphatic heterocycles. The first kappa shape index (κ1) is 24.1. The SMILES string of the molecule is CCCCCCCC(C1CCC2OC2C1)C(CC)C(OCC)(OCC)OCC. The highest BCUT2D eigenvalue weighted by atomic mass is 16.9. The number of epoxide rings is 1. The molecule has 5 atom stereocenters. The molecule has 0 aromatic rings. The van der Waals surface area contributed by atoms with E-state index >= 15 is 0 Å². The van der Waals surface area contributed by atoms with Crippen LogP contribution in [0.4, 0.5) is 0 Å². The summed E-state index contributed by atoms with van der Waals surface area (Å²) in [5, 5.41) is 0. The van der Waals surface area contributed by atoms with Crippen LogP contribution in [0.1, 0.15) is 98.8 Å². The van der Waals surface area contributed by atoms with E-state index in [-0.39, 0.29) is 5.92 Å². The summed E-state index contributed by atoms with van der Waals surface area (Å²) in [5.41, 5.74) is 0. The average Bonchev–Trinajstić information content (AvgIpc) is 3.46. The Morgan fingerprint density at radius 1 is 0.821 bits per heavy atom. The fourth-order valence-electron chi connectivity index (χ4n) is 5.44. The van der Waals surface area contributed by atoms with Crippen LogP contribution < -0.4 is 0 Å². The summed E-state index contributed by atoms with van der Waals surface area (Å²) in [6.45, 7) is 12.5. The van der Waals surface area contributed by atoms with E-state index in [1.165, 1.54) is 57.8 Å². The fraction of sp³-hybridized carbons (Fsp3) is 1.00. The number of rotatable bonds is 16. The highest BCUT2D eigenvalue weighted by Gasteiger charge is 2.51. The summed E-state index contributed by atoms with van der Waals surface area (Å²) in [6.07, 6.45) is 13.7. The molecule has 2 fully saturated rings. The third-order valence-corrected chi connectivity index (χ3v) is 6.74. The smallest absolute Gasteiger partial charge is 0.286 e. The Hall–Kier alpha value is -0.160. The molecule has 1 saturated heterocycles. The van der Waals surface area contributed by atoms with Gasteiger partial charge in [-0.2, -0.15) is 0 Å². The van der Waals surface area contributed by atoms with Crippen LogP contribution in [-0.4, -0.2) is 38.0 Å². The van der Waals surface area contributed by atoms with Gasteiger partial charge in [0.1, 0.15) is 0 Å². The first-order valence-electron chi connectivity index (χ1n) is 12.2. The van der Waals surface area contributed by atoms with Crippen molar-refractivity contribution < 1.29 is 18.9 Å². The highest BCUT2D eigenvalue weighted by Crippen LogP contribution is 2.48. The molecule has 2 rings (SSSR count). The topological polar surface area (TPSA) is 40.2 Å². The third kappa shape index (κ3) is 6.42. The van der Waals surface area contributed by atoms with Crippen molar-refractivity contribution in [3.8, 4) is 0 Å². The van der Waals surface area contributed by atoms with Gasteiger partial charge in [-0.25, -0.2) is 0 Å². The Balaban J connectivity index is 2.16. The van der Waals surface area contributed by atoms with Gasteiger partial charge in [0.25, 0.3) is 5.97 Å². The molecule has 0 spiro atoms. The van der Waals surface area contributed by atoms with Crippen LogP contribution in [0.15, 0.2) is 0 Å². The van der Waals surface area contributed by atoms with Gasteiger partial charge in [-0.15, -0.1) is 0 Å². The van der Waals surface area contributed by atoms with E-state index in [9.17, 15) is 0 Å². The zero-order chi connectivity index (χ0) is 20.4. The van der Waals surface area contributed by atoms with E-state index in [2.05, 4.69) is 13.8 Å². The maximum atomic E-state index is 6.24. The van der Waals surface area contributed by atoms with E-state index in [1.54, 1.807) is 0 Å². The normalized spacial score (nSPS) is 26.7. The molecule has 1 aliphatic carbocycles. The van der Waals surface area contributed by atoms with E-state index in [0.29, 0.717) is 43.9 Å². The molecule has 2 aliphatic rings. The van der Waals surface area contributed by atoms with E-state index < -0.39 is 5.97 Å². The van der Waals surface area contributed by atoms with Crippen molar-refractivity contribution in [3.05, 3.63) is 0 Å². The highest BCUT2D eigenvalue weighted by molar-refractivity contribution is 4.95. The van der Waals surface area contributed by atoms with Gasteiger partial charge < -0.3 is 18.9 Å². The van der Waals surface area contributed by atoms with Crippen LogP contribution in [-0.2, 0) is 18.9 Å². The van der Waals surface area contributed by atoms with Gasteiger partial charge in [0, 0.05) is 25.7 Å². The van der Waals surface area contributed by atoms with Crippen LogP contribution in [0.3, 0.4) is 0 Å². The molecule has 4 nitrogen and oxygen atoms in total. The molecule has 5 unspecified atom stereocenters. The molecule has 0 aromatic heterocycles. The first-order chi connectivity index (χ1) is 13.7. The largest absolute Gasteiger partial charge is 0.370 e. The zero-order valence-corrected chi connectivity index (χ0v) is 19.2. The van der Waals surface area contributed by atoms with Gasteiger partial charge in [-0.05, 0) is 64.7 Å². The predicted octanol–water partition coefficient (Wildman–Crippen LogP) is 6.32. The minimum atomic E-state index is -0.900. The van der Waals surface area contributed by atoms with Crippen molar-refractivity contribution in [2.75, 3.05) is 19.8 Å². The average molecular weight is 399 g/mol. The molecule has 0 bridgehead atoms. The van der Waals surface area contributed by atoms with Crippen LogP contribution in [0.2, 0.25) is 0 Å². The molecule has 28 heavy (non-hydrogen) atoms. The van der Waals surface area contributed by atoms with Crippen LogP contribution in [0, 0.1) is 17.8 Å². The summed E-state index contributed by atoms with van der Waals surface area (Å²) in [6, 6.07) is 0. The molecular formula is C24H46O4. The van der Waals surface area contributed by atoms with Crippen molar-refractivity contribution >= 4 is 0 Å². The zero-order valence-electron chi connectivity index (χ0n) is 19.2. The van der Waals surface area contributed by atoms with E-state index in [1.807, 2.05) is 20.8 Å². The summed E-state index contributed by atoms with van der Waals surface area (Å²) in [4.78, 5) is 0. The van der Waals surface area contributed by atoms with E-state index in [4.69, 9.17) is 18.9 Å². The second-order valence-electron chi connectivity index (χ2n) is 8.57. The summed E-state index contributed by atoms with van der Waals surface area (Å²) < 4.78 is 24.6. The Labute approximate surface area is 174 Å². The Bertz CT molecular complexity index is 396.